The molecule has 1 atom stereocenters. The third-order valence-electron chi connectivity index (χ3n) is 6.27. The van der Waals surface area contributed by atoms with Gasteiger partial charge in [0, 0.05) is 31.6 Å². The van der Waals surface area contributed by atoms with Gasteiger partial charge in [0.1, 0.15) is 0 Å². The lowest BCUT2D eigenvalue weighted by Gasteiger charge is -2.35. The maximum Gasteiger partial charge on any atom is 0.475 e. The highest BCUT2D eigenvalue weighted by molar-refractivity contribution is 6.43. The smallest absolute Gasteiger partial charge is 0.426 e. The van der Waals surface area contributed by atoms with Crippen LogP contribution in [0.4, 0.5) is 0 Å². The zero-order chi connectivity index (χ0) is 18.5. The summed E-state index contributed by atoms with van der Waals surface area (Å²) >= 11 is 0. The van der Waals surface area contributed by atoms with Gasteiger partial charge in [-0.3, -0.25) is 9.59 Å². The summed E-state index contributed by atoms with van der Waals surface area (Å²) < 4.78 is 0. The molecule has 154 valence electrons. The Labute approximate surface area is 168 Å². The van der Waals surface area contributed by atoms with Gasteiger partial charge in [0.25, 0.3) is 0 Å². The molecule has 27 heavy (non-hydrogen) atoms. The van der Waals surface area contributed by atoms with Gasteiger partial charge < -0.3 is 25.2 Å². The molecule has 2 amide bonds. The molecule has 3 N–H and O–H groups in total. The Kier molecular flexibility index (Phi) is 8.86. The largest absolute Gasteiger partial charge is 0.475 e. The van der Waals surface area contributed by atoms with E-state index >= 15 is 0 Å². The first kappa shape index (κ1) is 22.5. The minimum Gasteiger partial charge on any atom is -0.426 e. The summed E-state index contributed by atoms with van der Waals surface area (Å²) in [6, 6.07) is 0.245. The Morgan fingerprint density at radius 2 is 1.59 bits per heavy atom. The molecule has 2 aliphatic heterocycles. The summed E-state index contributed by atoms with van der Waals surface area (Å²) in [6.07, 6.45) is 8.90. The second-order valence-corrected chi connectivity index (χ2v) is 8.03. The first-order chi connectivity index (χ1) is 12.6. The van der Waals surface area contributed by atoms with E-state index in [1.54, 1.807) is 4.90 Å². The van der Waals surface area contributed by atoms with E-state index in [1.807, 2.05) is 4.90 Å². The van der Waals surface area contributed by atoms with Crippen LogP contribution in [0.2, 0.25) is 0 Å². The molecule has 9 heteroatoms. The average molecular weight is 402 g/mol. The molecular weight excluding hydrogens is 368 g/mol. The van der Waals surface area contributed by atoms with Gasteiger partial charge in [0.15, 0.2) is 0 Å². The van der Waals surface area contributed by atoms with Crippen molar-refractivity contribution in [3.05, 3.63) is 0 Å². The Morgan fingerprint density at radius 3 is 2.22 bits per heavy atom. The lowest BCUT2D eigenvalue weighted by Crippen LogP contribution is -2.51. The van der Waals surface area contributed by atoms with Gasteiger partial charge in [-0.2, -0.15) is 0 Å². The Hall–Kier alpha value is -0.825. The van der Waals surface area contributed by atoms with Crippen molar-refractivity contribution in [3.63, 3.8) is 0 Å². The second kappa shape index (κ2) is 10.6. The fraction of sp³-hybridized carbons (Fsp3) is 0.889. The molecule has 1 saturated carbocycles. The minimum absolute atomic E-state index is 0. The number of piperidine rings is 1. The third kappa shape index (κ3) is 5.83. The van der Waals surface area contributed by atoms with Crippen molar-refractivity contribution >= 4 is 31.3 Å². The highest BCUT2D eigenvalue weighted by Crippen LogP contribution is 2.26. The highest BCUT2D eigenvalue weighted by atomic mass is 35.5. The van der Waals surface area contributed by atoms with E-state index in [1.165, 1.54) is 19.3 Å². The molecule has 0 bridgehead atoms. The monoisotopic (exact) mass is 401 g/mol. The van der Waals surface area contributed by atoms with Gasteiger partial charge in [0.05, 0.1) is 12.5 Å². The van der Waals surface area contributed by atoms with Crippen LogP contribution in [0.15, 0.2) is 0 Å². The quantitative estimate of drug-likeness (QED) is 0.586. The van der Waals surface area contributed by atoms with Crippen LogP contribution in [-0.4, -0.2) is 76.9 Å². The van der Waals surface area contributed by atoms with Crippen LogP contribution in [-0.2, 0) is 9.59 Å². The molecule has 0 radical (unpaired) electrons. The van der Waals surface area contributed by atoms with E-state index in [-0.39, 0.29) is 36.8 Å². The molecule has 0 aromatic carbocycles. The molecule has 0 spiro atoms. The first-order valence-electron chi connectivity index (χ1n) is 10.2. The third-order valence-corrected chi connectivity index (χ3v) is 6.27. The first-order valence-corrected chi connectivity index (χ1v) is 10.2. The molecule has 2 heterocycles. The molecule has 7 nitrogen and oxygen atoms in total. The van der Waals surface area contributed by atoms with Crippen molar-refractivity contribution in [2.24, 2.45) is 5.92 Å². The van der Waals surface area contributed by atoms with Gasteiger partial charge in [-0.25, -0.2) is 0 Å². The number of hydrogen-bond donors (Lipinski definition) is 3. The van der Waals surface area contributed by atoms with Gasteiger partial charge >= 0.3 is 7.12 Å². The minimum atomic E-state index is -1.46. The standard InChI is InChI=1S/C18H32BN3O4.ClH/c23-17(22-10-4-7-16(22)19(25)26)13-20-15-8-11-21(12-9-15)18(24)14-5-2-1-3-6-14;/h14-16,20,25-26H,1-13H2;1H/t16-;/m0./s1. The van der Waals surface area contributed by atoms with Crippen molar-refractivity contribution in [2.45, 2.75) is 69.8 Å². The molecular formula is C18H33BClN3O4. The number of halogens is 1. The fourth-order valence-corrected chi connectivity index (χ4v) is 4.66. The lowest BCUT2D eigenvalue weighted by molar-refractivity contribution is -0.138. The molecule has 0 aromatic heterocycles. The van der Waals surface area contributed by atoms with Crippen molar-refractivity contribution in [1.82, 2.24) is 15.1 Å². The number of hydrogen-bond acceptors (Lipinski definition) is 5. The topological polar surface area (TPSA) is 93.1 Å². The van der Waals surface area contributed by atoms with E-state index in [4.69, 9.17) is 0 Å². The fourth-order valence-electron chi connectivity index (χ4n) is 4.66. The normalized spacial score (nSPS) is 24.6. The maximum absolute atomic E-state index is 12.6. The van der Waals surface area contributed by atoms with E-state index in [0.29, 0.717) is 18.9 Å². The van der Waals surface area contributed by atoms with Crippen LogP contribution < -0.4 is 5.32 Å². The van der Waals surface area contributed by atoms with E-state index in [9.17, 15) is 19.6 Å². The summed E-state index contributed by atoms with van der Waals surface area (Å²) in [7, 11) is -1.46. The molecule has 1 aliphatic carbocycles. The van der Waals surface area contributed by atoms with Gasteiger partial charge in [0.2, 0.25) is 11.8 Å². The van der Waals surface area contributed by atoms with Crippen LogP contribution in [0.5, 0.6) is 0 Å². The molecule has 2 saturated heterocycles. The zero-order valence-electron chi connectivity index (χ0n) is 16.0. The highest BCUT2D eigenvalue weighted by Gasteiger charge is 2.37. The van der Waals surface area contributed by atoms with E-state index in [0.717, 1.165) is 45.2 Å². The summed E-state index contributed by atoms with van der Waals surface area (Å²) in [5.74, 6) is 0.0171. The van der Waals surface area contributed by atoms with Crippen molar-refractivity contribution < 1.29 is 19.6 Å². The van der Waals surface area contributed by atoms with Crippen molar-refractivity contribution in [3.8, 4) is 0 Å². The summed E-state index contributed by atoms with van der Waals surface area (Å²) in [5, 5.41) is 22.1. The van der Waals surface area contributed by atoms with Crippen LogP contribution in [0.3, 0.4) is 0 Å². The van der Waals surface area contributed by atoms with Gasteiger partial charge in [-0.1, -0.05) is 19.3 Å². The van der Waals surface area contributed by atoms with Crippen LogP contribution in [0.25, 0.3) is 0 Å². The molecule has 0 aromatic rings. The summed E-state index contributed by atoms with van der Waals surface area (Å²) in [5.41, 5.74) is 0. The average Bonchev–Trinajstić information content (AvgIpc) is 3.17. The molecule has 3 fully saturated rings. The van der Waals surface area contributed by atoms with Gasteiger partial charge in [-0.15, -0.1) is 12.4 Å². The maximum atomic E-state index is 12.6. The molecule has 3 rings (SSSR count). The van der Waals surface area contributed by atoms with E-state index < -0.39 is 13.1 Å². The van der Waals surface area contributed by atoms with Crippen LogP contribution in [0.1, 0.15) is 57.8 Å². The van der Waals surface area contributed by atoms with Gasteiger partial charge in [-0.05, 0) is 38.5 Å². The predicted octanol–water partition coefficient (Wildman–Crippen LogP) is 0.572. The van der Waals surface area contributed by atoms with E-state index in [2.05, 4.69) is 5.32 Å². The molecule has 3 aliphatic rings. The number of nitrogens with zero attached hydrogens (tertiary/aromatic N) is 2. The molecule has 0 unspecified atom stereocenters. The summed E-state index contributed by atoms with van der Waals surface area (Å²) in [4.78, 5) is 28.5. The number of nitrogens with one attached hydrogen (secondary N) is 1. The lowest BCUT2D eigenvalue weighted by atomic mass is 9.78. The van der Waals surface area contributed by atoms with Crippen LogP contribution in [0, 0.1) is 5.92 Å². The van der Waals surface area contributed by atoms with Crippen LogP contribution >= 0.6 is 12.4 Å². The Morgan fingerprint density at radius 1 is 0.926 bits per heavy atom. The summed E-state index contributed by atoms with van der Waals surface area (Å²) in [6.45, 7) is 2.35. The number of carbonyl (C=O) groups excluding carboxylic acids is 2. The number of rotatable bonds is 5. The van der Waals surface area contributed by atoms with Crippen molar-refractivity contribution in [2.75, 3.05) is 26.2 Å². The number of likely N-dealkylation sites (tertiary alicyclic amines) is 2. The zero-order valence-corrected chi connectivity index (χ0v) is 16.8. The SMILES string of the molecule is Cl.O=C(C1CCCCC1)N1CCC(NCC(=O)N2CCC[C@H]2B(O)O)CC1. The predicted molar refractivity (Wildman–Crippen MR) is 106 cm³/mol. The number of carbonyl (C=O) groups is 2. The van der Waals surface area contributed by atoms with Crippen molar-refractivity contribution in [1.29, 1.82) is 0 Å². The second-order valence-electron chi connectivity index (χ2n) is 8.03. The Balaban J connectivity index is 0.00000261. The Bertz CT molecular complexity index is 497. The number of amides is 2.